The van der Waals surface area contributed by atoms with Gasteiger partial charge in [-0.15, -0.1) is 0 Å². The second-order valence-electron chi connectivity index (χ2n) is 6.90. The summed E-state index contributed by atoms with van der Waals surface area (Å²) in [5.74, 6) is -1.88. The Bertz CT molecular complexity index is 848. The maximum Gasteiger partial charge on any atom is 0.217 e. The summed E-state index contributed by atoms with van der Waals surface area (Å²) in [4.78, 5) is 0. The summed E-state index contributed by atoms with van der Waals surface area (Å²) in [6.07, 6.45) is 1.93. The fourth-order valence-electron chi connectivity index (χ4n) is 4.79. The average molecular weight is 332 g/mol. The molecule has 3 aliphatic rings. The second-order valence-corrected chi connectivity index (χ2v) is 6.90. The van der Waals surface area contributed by atoms with Gasteiger partial charge in [-0.1, -0.05) is 36.8 Å². The molecular weight excluding hydrogens is 316 g/mol. The molecule has 2 aliphatic heterocycles. The Morgan fingerprint density at radius 2 is 1.76 bits per heavy atom. The summed E-state index contributed by atoms with van der Waals surface area (Å²) in [5, 5.41) is 38.6. The van der Waals surface area contributed by atoms with Crippen LogP contribution in [0.4, 0.5) is 0 Å². The lowest BCUT2D eigenvalue weighted by atomic mass is 9.51. The van der Waals surface area contributed by atoms with Crippen molar-refractivity contribution in [3.8, 4) is 18.2 Å². The molecule has 6 heteroatoms. The third kappa shape index (κ3) is 1.62. The van der Waals surface area contributed by atoms with Crippen LogP contribution in [0, 0.1) is 56.2 Å². The van der Waals surface area contributed by atoms with Crippen molar-refractivity contribution in [2.75, 3.05) is 0 Å². The number of nitrogens with one attached hydrogen (secondary N) is 1. The third-order valence-electron chi connectivity index (χ3n) is 5.92. The lowest BCUT2D eigenvalue weighted by molar-refractivity contribution is -0.294. The van der Waals surface area contributed by atoms with Gasteiger partial charge in [0, 0.05) is 6.42 Å². The molecule has 4 atom stereocenters. The van der Waals surface area contributed by atoms with Crippen molar-refractivity contribution in [1.29, 1.82) is 21.2 Å². The van der Waals surface area contributed by atoms with Crippen molar-refractivity contribution in [3.05, 3.63) is 35.9 Å². The first-order valence-electron chi connectivity index (χ1n) is 8.35. The van der Waals surface area contributed by atoms with Crippen LogP contribution in [-0.4, -0.2) is 11.7 Å². The minimum absolute atomic E-state index is 0.302. The molecule has 2 saturated heterocycles. The summed E-state index contributed by atoms with van der Waals surface area (Å²) in [7, 11) is 0. The van der Waals surface area contributed by atoms with Gasteiger partial charge in [-0.25, -0.2) is 0 Å². The smallest absolute Gasteiger partial charge is 0.217 e. The molecule has 0 amide bonds. The molecule has 0 radical (unpaired) electrons. The molecule has 4 rings (SSSR count). The van der Waals surface area contributed by atoms with Crippen LogP contribution in [-0.2, 0) is 9.47 Å². The van der Waals surface area contributed by atoms with E-state index < -0.39 is 28.6 Å². The highest BCUT2D eigenvalue weighted by Crippen LogP contribution is 2.69. The first kappa shape index (κ1) is 15.6. The molecule has 1 aliphatic carbocycles. The summed E-state index contributed by atoms with van der Waals surface area (Å²) >= 11 is 0. The molecule has 0 unspecified atom stereocenters. The van der Waals surface area contributed by atoms with E-state index in [2.05, 4.69) is 18.2 Å². The van der Waals surface area contributed by atoms with E-state index in [0.717, 1.165) is 12.8 Å². The molecule has 3 fully saturated rings. The molecule has 1 saturated carbocycles. The largest absolute Gasteiger partial charge is 0.447 e. The lowest BCUT2D eigenvalue weighted by Gasteiger charge is -2.51. The minimum atomic E-state index is -1.83. The second kappa shape index (κ2) is 5.06. The zero-order chi connectivity index (χ0) is 17.7. The van der Waals surface area contributed by atoms with E-state index in [1.54, 1.807) is 24.3 Å². The van der Waals surface area contributed by atoms with E-state index in [9.17, 15) is 15.8 Å². The molecule has 0 aromatic heterocycles. The van der Waals surface area contributed by atoms with E-state index in [1.807, 2.05) is 6.07 Å². The summed E-state index contributed by atoms with van der Waals surface area (Å²) < 4.78 is 12.1. The average Bonchev–Trinajstić information content (AvgIpc) is 2.87. The fraction of sp³-hybridized carbons (Fsp3) is 0.474. The van der Waals surface area contributed by atoms with Crippen LogP contribution < -0.4 is 0 Å². The van der Waals surface area contributed by atoms with Gasteiger partial charge in [0.1, 0.15) is 6.10 Å². The Hall–Kier alpha value is -2.88. The molecule has 124 valence electrons. The first-order valence-corrected chi connectivity index (χ1v) is 8.35. The van der Waals surface area contributed by atoms with Gasteiger partial charge >= 0.3 is 0 Å². The van der Waals surface area contributed by atoms with Crippen LogP contribution in [0.2, 0.25) is 0 Å². The molecule has 2 bridgehead atoms. The van der Waals surface area contributed by atoms with Gasteiger partial charge in [0.15, 0.2) is 5.41 Å². The van der Waals surface area contributed by atoms with Crippen molar-refractivity contribution in [3.63, 3.8) is 0 Å². The Morgan fingerprint density at radius 3 is 2.40 bits per heavy atom. The molecule has 1 aromatic rings. The van der Waals surface area contributed by atoms with Crippen LogP contribution >= 0.6 is 0 Å². The van der Waals surface area contributed by atoms with Crippen molar-refractivity contribution in [1.82, 2.24) is 0 Å². The highest BCUT2D eigenvalue weighted by atomic mass is 16.7. The Kier molecular flexibility index (Phi) is 3.16. The highest BCUT2D eigenvalue weighted by molar-refractivity contribution is 5.89. The van der Waals surface area contributed by atoms with Crippen molar-refractivity contribution in [2.24, 2.45) is 16.7 Å². The summed E-state index contributed by atoms with van der Waals surface area (Å²) in [6, 6.07) is 15.3. The third-order valence-corrected chi connectivity index (χ3v) is 5.92. The number of hydrogen-bond donors (Lipinski definition) is 1. The van der Waals surface area contributed by atoms with Gasteiger partial charge in [0.25, 0.3) is 0 Å². The van der Waals surface area contributed by atoms with Gasteiger partial charge in [0.05, 0.1) is 24.1 Å². The number of nitriles is 3. The topological polar surface area (TPSA) is 114 Å². The monoisotopic (exact) mass is 332 g/mol. The Balaban J connectivity index is 2.01. The fourth-order valence-corrected chi connectivity index (χ4v) is 4.79. The summed E-state index contributed by atoms with van der Waals surface area (Å²) in [5.41, 5.74) is -2.80. The van der Waals surface area contributed by atoms with Gasteiger partial charge in [-0.2, -0.15) is 15.8 Å². The zero-order valence-corrected chi connectivity index (χ0v) is 13.5. The van der Waals surface area contributed by atoms with Gasteiger partial charge in [-0.05, 0) is 18.4 Å². The Morgan fingerprint density at radius 1 is 1.04 bits per heavy atom. The minimum Gasteiger partial charge on any atom is -0.447 e. The molecule has 25 heavy (non-hydrogen) atoms. The van der Waals surface area contributed by atoms with Crippen molar-refractivity contribution < 1.29 is 9.47 Å². The van der Waals surface area contributed by atoms with Crippen molar-refractivity contribution in [2.45, 2.75) is 37.6 Å². The predicted molar refractivity (Wildman–Crippen MR) is 85.5 cm³/mol. The number of ether oxygens (including phenoxy) is 2. The van der Waals surface area contributed by atoms with E-state index in [-0.39, 0.29) is 5.90 Å². The van der Waals surface area contributed by atoms with Crippen LogP contribution in [0.3, 0.4) is 0 Å². The number of nitrogens with zero attached hydrogens (tertiary/aromatic N) is 3. The Labute approximate surface area is 145 Å². The van der Waals surface area contributed by atoms with Crippen LogP contribution in [0.25, 0.3) is 0 Å². The maximum atomic E-state index is 10.1. The van der Waals surface area contributed by atoms with Gasteiger partial charge in [0.2, 0.25) is 17.1 Å². The zero-order valence-electron chi connectivity index (χ0n) is 13.5. The van der Waals surface area contributed by atoms with E-state index >= 15 is 0 Å². The molecule has 0 spiro atoms. The molecular formula is C19H16N4O2. The molecule has 1 aromatic carbocycles. The van der Waals surface area contributed by atoms with Crippen LogP contribution in [0.1, 0.15) is 37.4 Å². The quantitative estimate of drug-likeness (QED) is 0.848. The van der Waals surface area contributed by atoms with Gasteiger partial charge < -0.3 is 9.47 Å². The summed E-state index contributed by atoms with van der Waals surface area (Å²) in [6.45, 7) is 0. The number of benzene rings is 1. The molecule has 1 N–H and O–H groups in total. The van der Waals surface area contributed by atoms with Gasteiger partial charge in [-0.3, -0.25) is 5.41 Å². The number of rotatable bonds is 1. The first-order chi connectivity index (χ1) is 12.1. The molecule has 2 heterocycles. The van der Waals surface area contributed by atoms with Crippen LogP contribution in [0.5, 0.6) is 0 Å². The lowest BCUT2D eigenvalue weighted by Crippen LogP contribution is -2.60. The standard InChI is InChI=1S/C19H16N4O2/c20-10-17(11-21)15(13-6-2-1-3-7-13)24-19-9-5-4-8-14(19)18(17,12-22)16(23)25-19/h1-3,6-7,14-15,23H,4-5,8-9H2/t14-,15-,18+,19+/m0/s1. The maximum absolute atomic E-state index is 10.1. The number of hydrogen-bond acceptors (Lipinski definition) is 6. The van der Waals surface area contributed by atoms with Crippen LogP contribution in [0.15, 0.2) is 30.3 Å². The SMILES string of the molecule is N#CC1(C#N)[C@H](c2ccccc2)O[C@@]23CCCC[C@H]2[C@]1(C#N)C(=N)O3. The van der Waals surface area contributed by atoms with E-state index in [1.165, 1.54) is 0 Å². The predicted octanol–water partition coefficient (Wildman–Crippen LogP) is 3.20. The van der Waals surface area contributed by atoms with E-state index in [0.29, 0.717) is 18.4 Å². The molecule has 6 nitrogen and oxygen atoms in total. The normalized spacial score (nSPS) is 37.7. The van der Waals surface area contributed by atoms with Crippen molar-refractivity contribution >= 4 is 5.90 Å². The van der Waals surface area contributed by atoms with E-state index in [4.69, 9.17) is 14.9 Å². The highest BCUT2D eigenvalue weighted by Gasteiger charge is 2.80.